The molecule has 33 heavy (non-hydrogen) atoms. The minimum absolute atomic E-state index is 0.0119. The number of methoxy groups -OCH3 is 2. The van der Waals surface area contributed by atoms with E-state index < -0.39 is 41.9 Å². The molecule has 1 unspecified atom stereocenters. The number of rotatable bonds is 6. The number of ether oxygens (including phenoxy) is 2. The molecule has 2 aromatic rings. The van der Waals surface area contributed by atoms with Crippen LogP contribution in [-0.2, 0) is 24.6 Å². The number of hydrogen-bond donors (Lipinski definition) is 2. The lowest BCUT2D eigenvalue weighted by molar-refractivity contribution is -0.133. The number of amides is 4. The van der Waals surface area contributed by atoms with Crippen molar-refractivity contribution in [3.63, 3.8) is 0 Å². The number of nitrogens with zero attached hydrogens (tertiary/aromatic N) is 1. The van der Waals surface area contributed by atoms with Crippen molar-refractivity contribution in [1.29, 1.82) is 0 Å². The lowest BCUT2D eigenvalue weighted by Crippen LogP contribution is -2.42. The maximum absolute atomic E-state index is 13.1. The number of esters is 2. The number of urea groups is 1. The number of anilines is 1. The number of carbonyl (C=O) groups excluding carboxylic acids is 5. The van der Waals surface area contributed by atoms with Gasteiger partial charge in [0.05, 0.1) is 25.3 Å². The van der Waals surface area contributed by atoms with Gasteiger partial charge in [-0.05, 0) is 43.2 Å². The summed E-state index contributed by atoms with van der Waals surface area (Å²) >= 11 is 0. The zero-order valence-corrected chi connectivity index (χ0v) is 18.6. The van der Waals surface area contributed by atoms with Gasteiger partial charge >= 0.3 is 18.0 Å². The molecule has 0 radical (unpaired) electrons. The number of hydrogen-bond acceptors (Lipinski definition) is 7. The normalized spacial score (nSPS) is 17.4. The summed E-state index contributed by atoms with van der Waals surface area (Å²) in [5, 5.41) is 5.15. The van der Waals surface area contributed by atoms with E-state index in [1.807, 2.05) is 19.1 Å². The fraction of sp³-hybridized carbons (Fsp3) is 0.261. The Hall–Kier alpha value is -4.21. The molecule has 10 heteroatoms. The van der Waals surface area contributed by atoms with Gasteiger partial charge in [0, 0.05) is 5.69 Å². The van der Waals surface area contributed by atoms with Crippen LogP contribution < -0.4 is 10.6 Å². The number of carbonyl (C=O) groups is 5. The maximum atomic E-state index is 13.1. The number of benzene rings is 2. The molecule has 1 saturated heterocycles. The van der Waals surface area contributed by atoms with Crippen LogP contribution in [0.5, 0.6) is 0 Å². The van der Waals surface area contributed by atoms with Crippen molar-refractivity contribution in [2.45, 2.75) is 19.4 Å². The maximum Gasteiger partial charge on any atom is 0.337 e. The number of imide groups is 1. The molecule has 4 amide bonds. The summed E-state index contributed by atoms with van der Waals surface area (Å²) in [6, 6.07) is 10.3. The summed E-state index contributed by atoms with van der Waals surface area (Å²) in [7, 11) is 2.35. The van der Waals surface area contributed by atoms with Gasteiger partial charge in [-0.1, -0.05) is 24.3 Å². The van der Waals surface area contributed by atoms with E-state index in [1.54, 1.807) is 19.1 Å². The van der Waals surface area contributed by atoms with E-state index >= 15 is 0 Å². The van der Waals surface area contributed by atoms with Gasteiger partial charge in [-0.3, -0.25) is 14.5 Å². The Kier molecular flexibility index (Phi) is 6.47. The molecule has 1 atom stereocenters. The molecule has 2 N–H and O–H groups in total. The van der Waals surface area contributed by atoms with Crippen LogP contribution in [0.2, 0.25) is 0 Å². The standard InChI is InChI=1S/C23H23N3O7/c1-13-7-5-6-8-17(13)23(2)21(30)26(22(31)25-23)12-18(27)24-16-10-14(19(28)32-3)9-15(11-16)20(29)33-4/h5-11H,12H2,1-4H3,(H,24,27)(H,25,31). The van der Waals surface area contributed by atoms with Crippen molar-refractivity contribution < 1.29 is 33.4 Å². The fourth-order valence-corrected chi connectivity index (χ4v) is 3.67. The molecule has 1 aliphatic heterocycles. The molecule has 0 spiro atoms. The van der Waals surface area contributed by atoms with Crippen molar-refractivity contribution in [3.05, 3.63) is 64.7 Å². The largest absolute Gasteiger partial charge is 0.465 e. The van der Waals surface area contributed by atoms with E-state index in [0.717, 1.165) is 10.5 Å². The van der Waals surface area contributed by atoms with Crippen molar-refractivity contribution in [1.82, 2.24) is 10.2 Å². The van der Waals surface area contributed by atoms with E-state index in [0.29, 0.717) is 5.56 Å². The average Bonchev–Trinajstić information content (AvgIpc) is 3.01. The lowest BCUT2D eigenvalue weighted by atomic mass is 9.88. The molecule has 2 aromatic carbocycles. The fourth-order valence-electron chi connectivity index (χ4n) is 3.67. The Morgan fingerprint density at radius 2 is 1.58 bits per heavy atom. The first kappa shape index (κ1) is 23.5. The second-order valence-electron chi connectivity index (χ2n) is 7.59. The molecule has 0 saturated carbocycles. The molecule has 0 aromatic heterocycles. The Morgan fingerprint density at radius 3 is 2.12 bits per heavy atom. The summed E-state index contributed by atoms with van der Waals surface area (Å²) in [5.74, 6) is -2.72. The van der Waals surface area contributed by atoms with E-state index in [2.05, 4.69) is 20.1 Å². The molecule has 1 heterocycles. The first-order valence-electron chi connectivity index (χ1n) is 9.92. The van der Waals surface area contributed by atoms with Gasteiger partial charge < -0.3 is 20.1 Å². The summed E-state index contributed by atoms with van der Waals surface area (Å²) in [6.07, 6.45) is 0. The van der Waals surface area contributed by atoms with Crippen LogP contribution in [-0.4, -0.2) is 55.4 Å². The van der Waals surface area contributed by atoms with E-state index in [9.17, 15) is 24.0 Å². The summed E-state index contributed by atoms with van der Waals surface area (Å²) in [4.78, 5) is 62.9. The van der Waals surface area contributed by atoms with Crippen LogP contribution in [0.15, 0.2) is 42.5 Å². The molecule has 0 bridgehead atoms. The highest BCUT2D eigenvalue weighted by Gasteiger charge is 2.50. The Bertz CT molecular complexity index is 1130. The van der Waals surface area contributed by atoms with Gasteiger partial charge in [0.15, 0.2) is 0 Å². The van der Waals surface area contributed by atoms with Gasteiger partial charge in [-0.2, -0.15) is 0 Å². The van der Waals surface area contributed by atoms with E-state index in [-0.39, 0.29) is 16.8 Å². The van der Waals surface area contributed by atoms with Crippen molar-refractivity contribution >= 4 is 35.5 Å². The zero-order chi connectivity index (χ0) is 24.3. The van der Waals surface area contributed by atoms with Crippen LogP contribution in [0.25, 0.3) is 0 Å². The van der Waals surface area contributed by atoms with Crippen molar-refractivity contribution in [3.8, 4) is 0 Å². The Labute approximate surface area is 189 Å². The highest BCUT2D eigenvalue weighted by molar-refractivity contribution is 6.10. The smallest absolute Gasteiger partial charge is 0.337 e. The van der Waals surface area contributed by atoms with Crippen molar-refractivity contribution in [2.24, 2.45) is 0 Å². The Morgan fingerprint density at radius 1 is 1.00 bits per heavy atom. The molecule has 1 aliphatic rings. The second-order valence-corrected chi connectivity index (χ2v) is 7.59. The van der Waals surface area contributed by atoms with Crippen LogP contribution in [0.3, 0.4) is 0 Å². The zero-order valence-electron chi connectivity index (χ0n) is 18.6. The molecule has 172 valence electrons. The third kappa shape index (κ3) is 4.54. The van der Waals surface area contributed by atoms with Gasteiger partial charge in [-0.25, -0.2) is 14.4 Å². The summed E-state index contributed by atoms with van der Waals surface area (Å²) in [6.45, 7) is 2.83. The molecule has 3 rings (SSSR count). The van der Waals surface area contributed by atoms with Gasteiger partial charge in [0.1, 0.15) is 12.1 Å². The van der Waals surface area contributed by atoms with E-state index in [4.69, 9.17) is 0 Å². The van der Waals surface area contributed by atoms with Gasteiger partial charge in [0.25, 0.3) is 5.91 Å². The van der Waals surface area contributed by atoms with Crippen LogP contribution in [0, 0.1) is 6.92 Å². The van der Waals surface area contributed by atoms with Crippen molar-refractivity contribution in [2.75, 3.05) is 26.1 Å². The van der Waals surface area contributed by atoms with Gasteiger partial charge in [0.2, 0.25) is 5.91 Å². The van der Waals surface area contributed by atoms with Gasteiger partial charge in [-0.15, -0.1) is 0 Å². The van der Waals surface area contributed by atoms with Crippen LogP contribution >= 0.6 is 0 Å². The molecule has 1 fully saturated rings. The highest BCUT2D eigenvalue weighted by atomic mass is 16.5. The lowest BCUT2D eigenvalue weighted by Gasteiger charge is -2.24. The molecule has 0 aliphatic carbocycles. The highest BCUT2D eigenvalue weighted by Crippen LogP contribution is 2.30. The monoisotopic (exact) mass is 453 g/mol. The quantitative estimate of drug-likeness (QED) is 0.505. The SMILES string of the molecule is COC(=O)c1cc(NC(=O)CN2C(=O)NC(C)(c3ccccc3C)C2=O)cc(C(=O)OC)c1. The first-order chi connectivity index (χ1) is 15.6. The van der Waals surface area contributed by atoms with Crippen LogP contribution in [0.4, 0.5) is 10.5 Å². The molecular formula is C23H23N3O7. The number of nitrogens with one attached hydrogen (secondary N) is 2. The number of aryl methyl sites for hydroxylation is 1. The average molecular weight is 453 g/mol. The predicted molar refractivity (Wildman–Crippen MR) is 117 cm³/mol. The van der Waals surface area contributed by atoms with E-state index in [1.165, 1.54) is 32.4 Å². The first-order valence-corrected chi connectivity index (χ1v) is 9.92. The second kappa shape index (κ2) is 9.11. The minimum Gasteiger partial charge on any atom is -0.465 e. The summed E-state index contributed by atoms with van der Waals surface area (Å²) < 4.78 is 9.33. The third-order valence-electron chi connectivity index (χ3n) is 5.32. The minimum atomic E-state index is -1.31. The topological polar surface area (TPSA) is 131 Å². The summed E-state index contributed by atoms with van der Waals surface area (Å²) in [5.41, 5.74) is 0.244. The third-order valence-corrected chi connectivity index (χ3v) is 5.32. The predicted octanol–water partition coefficient (Wildman–Crippen LogP) is 1.97. The van der Waals surface area contributed by atoms with Crippen LogP contribution in [0.1, 0.15) is 38.8 Å². The Balaban J connectivity index is 1.82. The molecule has 10 nitrogen and oxygen atoms in total. The molecular weight excluding hydrogens is 430 g/mol.